The summed E-state index contributed by atoms with van der Waals surface area (Å²) in [6.07, 6.45) is 0.856. The molecule has 1 aliphatic heterocycles. The molecule has 1 unspecified atom stereocenters. The summed E-state index contributed by atoms with van der Waals surface area (Å²) in [5.74, 6) is 0.245. The first kappa shape index (κ1) is 14.3. The number of hydrazine groups is 1. The van der Waals surface area contributed by atoms with Gasteiger partial charge in [0.25, 0.3) is 5.91 Å². The van der Waals surface area contributed by atoms with E-state index in [9.17, 15) is 9.59 Å². The fourth-order valence-electron chi connectivity index (χ4n) is 2.72. The number of hydrogen-bond donors (Lipinski definition) is 1. The lowest BCUT2D eigenvalue weighted by Crippen LogP contribution is -2.49. The van der Waals surface area contributed by atoms with E-state index in [0.29, 0.717) is 11.5 Å². The molecule has 0 saturated carbocycles. The maximum absolute atomic E-state index is 12.2. The molecule has 0 aromatic heterocycles. The average Bonchev–Trinajstić information content (AvgIpc) is 2.55. The van der Waals surface area contributed by atoms with Crippen LogP contribution in [0.2, 0.25) is 0 Å². The summed E-state index contributed by atoms with van der Waals surface area (Å²) in [5, 5.41) is 1.63. The maximum atomic E-state index is 12.2. The Morgan fingerprint density at radius 3 is 2.41 bits per heavy atom. The van der Waals surface area contributed by atoms with Crippen LogP contribution in [-0.4, -0.2) is 12.2 Å². The summed E-state index contributed by atoms with van der Waals surface area (Å²) in [7, 11) is 0. The third-order valence-corrected chi connectivity index (χ3v) is 3.99. The fraction of sp³-hybridized carbons (Fsp3) is 0.222. The Morgan fingerprint density at radius 1 is 1.09 bits per heavy atom. The van der Waals surface area contributed by atoms with E-state index >= 15 is 0 Å². The number of amides is 1. The van der Waals surface area contributed by atoms with Crippen molar-refractivity contribution < 1.29 is 9.59 Å². The Labute approximate surface area is 129 Å². The molecular weight excluding hydrogens is 276 g/mol. The van der Waals surface area contributed by atoms with E-state index in [-0.39, 0.29) is 5.91 Å². The first-order valence-electron chi connectivity index (χ1n) is 7.36. The summed E-state index contributed by atoms with van der Waals surface area (Å²) in [5.41, 5.74) is 6.10. The number of carbonyl (C=O) groups is 2. The molecule has 2 aromatic rings. The van der Waals surface area contributed by atoms with Gasteiger partial charge in [0.15, 0.2) is 0 Å². The minimum absolute atomic E-state index is 0.193. The summed E-state index contributed by atoms with van der Waals surface area (Å²) in [4.78, 5) is 23.8. The maximum Gasteiger partial charge on any atom is 0.270 e. The molecule has 1 aliphatic rings. The van der Waals surface area contributed by atoms with Gasteiger partial charge in [-0.3, -0.25) is 15.2 Å². The standard InChI is InChI=1S/C18H18N2O2/c1-12(2)13-7-9-14(10-8-13)20-17(11-21)15-5-3-4-6-16(15)18(22)19-20/h3-12,17H,1-2H3,(H,19,22). The molecule has 1 amide bonds. The second-order valence-corrected chi connectivity index (χ2v) is 5.73. The van der Waals surface area contributed by atoms with Crippen LogP contribution in [0.3, 0.4) is 0 Å². The van der Waals surface area contributed by atoms with Crippen molar-refractivity contribution in [3.8, 4) is 0 Å². The highest BCUT2D eigenvalue weighted by molar-refractivity contribution is 6.00. The Bertz CT molecular complexity index is 707. The van der Waals surface area contributed by atoms with Crippen LogP contribution in [0.5, 0.6) is 0 Å². The number of nitrogens with zero attached hydrogens (tertiary/aromatic N) is 1. The van der Waals surface area contributed by atoms with Crippen LogP contribution in [0.4, 0.5) is 5.69 Å². The number of carbonyl (C=O) groups excluding carboxylic acids is 2. The predicted octanol–water partition coefficient (Wildman–Crippen LogP) is 3.22. The number of nitrogens with one attached hydrogen (secondary N) is 1. The van der Waals surface area contributed by atoms with E-state index < -0.39 is 6.04 Å². The van der Waals surface area contributed by atoms with Crippen molar-refractivity contribution in [1.82, 2.24) is 5.43 Å². The van der Waals surface area contributed by atoms with Gasteiger partial charge in [0.2, 0.25) is 0 Å². The molecule has 4 heteroatoms. The zero-order chi connectivity index (χ0) is 15.7. The Balaban J connectivity index is 2.01. The number of rotatable bonds is 3. The Morgan fingerprint density at radius 2 is 1.77 bits per heavy atom. The van der Waals surface area contributed by atoms with Gasteiger partial charge in [0.05, 0.1) is 5.69 Å². The Kier molecular flexibility index (Phi) is 3.67. The molecule has 4 nitrogen and oxygen atoms in total. The van der Waals surface area contributed by atoms with Gasteiger partial charge in [-0.2, -0.15) is 0 Å². The van der Waals surface area contributed by atoms with E-state index in [1.165, 1.54) is 5.56 Å². The highest BCUT2D eigenvalue weighted by Crippen LogP contribution is 2.30. The quantitative estimate of drug-likeness (QED) is 0.884. The highest BCUT2D eigenvalue weighted by atomic mass is 16.2. The van der Waals surface area contributed by atoms with E-state index in [0.717, 1.165) is 17.5 Å². The molecule has 22 heavy (non-hydrogen) atoms. The van der Waals surface area contributed by atoms with E-state index in [2.05, 4.69) is 19.3 Å². The lowest BCUT2D eigenvalue weighted by atomic mass is 9.97. The number of hydrogen-bond acceptors (Lipinski definition) is 3. The SMILES string of the molecule is CC(C)c1ccc(N2NC(=O)c3ccccc3C2C=O)cc1. The molecular formula is C18H18N2O2. The Hall–Kier alpha value is -2.62. The third-order valence-electron chi connectivity index (χ3n) is 3.99. The molecule has 0 aliphatic carbocycles. The zero-order valence-corrected chi connectivity index (χ0v) is 12.6. The van der Waals surface area contributed by atoms with Crippen LogP contribution in [0.1, 0.15) is 47.3 Å². The van der Waals surface area contributed by atoms with E-state index in [1.54, 1.807) is 17.1 Å². The van der Waals surface area contributed by atoms with Gasteiger partial charge in [-0.25, -0.2) is 0 Å². The van der Waals surface area contributed by atoms with Gasteiger partial charge >= 0.3 is 0 Å². The summed E-state index contributed by atoms with van der Waals surface area (Å²) < 4.78 is 0. The predicted molar refractivity (Wildman–Crippen MR) is 85.7 cm³/mol. The third kappa shape index (κ3) is 2.37. The van der Waals surface area contributed by atoms with Crippen molar-refractivity contribution in [2.75, 3.05) is 5.01 Å². The van der Waals surface area contributed by atoms with Gasteiger partial charge in [0, 0.05) is 5.56 Å². The molecule has 2 aromatic carbocycles. The number of anilines is 1. The van der Waals surface area contributed by atoms with Gasteiger partial charge in [-0.1, -0.05) is 44.2 Å². The van der Waals surface area contributed by atoms with Crippen molar-refractivity contribution in [2.24, 2.45) is 0 Å². The fourth-order valence-corrected chi connectivity index (χ4v) is 2.72. The van der Waals surface area contributed by atoms with Crippen LogP contribution >= 0.6 is 0 Å². The normalized spacial score (nSPS) is 17.1. The van der Waals surface area contributed by atoms with Crippen LogP contribution in [0.25, 0.3) is 0 Å². The largest absolute Gasteiger partial charge is 0.301 e. The van der Waals surface area contributed by atoms with E-state index in [1.807, 2.05) is 36.4 Å². The van der Waals surface area contributed by atoms with Gasteiger partial charge in [-0.15, -0.1) is 0 Å². The molecule has 3 rings (SSSR count). The molecule has 0 fully saturated rings. The number of benzene rings is 2. The smallest absolute Gasteiger partial charge is 0.270 e. The molecule has 0 bridgehead atoms. The zero-order valence-electron chi connectivity index (χ0n) is 12.6. The minimum atomic E-state index is -0.515. The molecule has 1 heterocycles. The number of aldehydes is 1. The molecule has 0 radical (unpaired) electrons. The van der Waals surface area contributed by atoms with Crippen LogP contribution < -0.4 is 10.4 Å². The minimum Gasteiger partial charge on any atom is -0.301 e. The summed E-state index contributed by atoms with van der Waals surface area (Å²) >= 11 is 0. The average molecular weight is 294 g/mol. The molecule has 0 spiro atoms. The summed E-state index contributed by atoms with van der Waals surface area (Å²) in [6, 6.07) is 14.6. The monoisotopic (exact) mass is 294 g/mol. The van der Waals surface area contributed by atoms with Crippen molar-refractivity contribution >= 4 is 17.9 Å². The lowest BCUT2D eigenvalue weighted by molar-refractivity contribution is -0.109. The van der Waals surface area contributed by atoms with Gasteiger partial charge < -0.3 is 4.79 Å². The second-order valence-electron chi connectivity index (χ2n) is 5.73. The van der Waals surface area contributed by atoms with Crippen molar-refractivity contribution in [3.63, 3.8) is 0 Å². The molecule has 112 valence electrons. The lowest BCUT2D eigenvalue weighted by Gasteiger charge is -2.35. The first-order chi connectivity index (χ1) is 10.6. The topological polar surface area (TPSA) is 49.4 Å². The molecule has 0 saturated heterocycles. The number of fused-ring (bicyclic) bond motifs is 1. The van der Waals surface area contributed by atoms with E-state index in [4.69, 9.17) is 0 Å². The van der Waals surface area contributed by atoms with Crippen molar-refractivity contribution in [3.05, 3.63) is 65.2 Å². The summed E-state index contributed by atoms with van der Waals surface area (Å²) in [6.45, 7) is 4.25. The molecule has 1 atom stereocenters. The van der Waals surface area contributed by atoms with Crippen LogP contribution in [0.15, 0.2) is 48.5 Å². The van der Waals surface area contributed by atoms with Crippen molar-refractivity contribution in [1.29, 1.82) is 0 Å². The first-order valence-corrected chi connectivity index (χ1v) is 7.36. The van der Waals surface area contributed by atoms with Crippen LogP contribution in [0, 0.1) is 0 Å². The van der Waals surface area contributed by atoms with Gasteiger partial charge in [0.1, 0.15) is 12.3 Å². The highest BCUT2D eigenvalue weighted by Gasteiger charge is 2.31. The van der Waals surface area contributed by atoms with Crippen molar-refractivity contribution in [2.45, 2.75) is 25.8 Å². The van der Waals surface area contributed by atoms with Gasteiger partial charge in [-0.05, 0) is 35.2 Å². The second kappa shape index (κ2) is 5.64. The molecule has 1 N–H and O–H groups in total. The van der Waals surface area contributed by atoms with Crippen LogP contribution in [-0.2, 0) is 4.79 Å².